The van der Waals surface area contributed by atoms with E-state index in [2.05, 4.69) is 10.5 Å². The maximum absolute atomic E-state index is 11.8. The van der Waals surface area contributed by atoms with E-state index >= 15 is 0 Å². The van der Waals surface area contributed by atoms with Gasteiger partial charge >= 0.3 is 6.09 Å². The summed E-state index contributed by atoms with van der Waals surface area (Å²) in [4.78, 5) is 11.8. The van der Waals surface area contributed by atoms with E-state index in [1.807, 2.05) is 30.3 Å². The van der Waals surface area contributed by atoms with E-state index in [1.165, 1.54) is 0 Å². The summed E-state index contributed by atoms with van der Waals surface area (Å²) in [7, 11) is 0. The molecule has 0 spiro atoms. The molecule has 114 valence electrons. The lowest BCUT2D eigenvalue weighted by molar-refractivity contribution is 0.121. The molecule has 1 aliphatic rings. The fraction of sp³-hybridized carbons (Fsp3) is 0.467. The standard InChI is InChI=1S/C15H20N2O4/c18-9-12-8-13(17-20)6-7-14(12)16-15(19)21-10-11-4-2-1-3-5-11/h1-5,12,14,18,20H,6-10H2,(H,16,19). The van der Waals surface area contributed by atoms with Gasteiger partial charge in [0.05, 0.1) is 5.71 Å². The molecule has 1 aromatic carbocycles. The molecule has 2 atom stereocenters. The minimum atomic E-state index is -0.494. The van der Waals surface area contributed by atoms with Gasteiger partial charge in [-0.2, -0.15) is 0 Å². The number of benzene rings is 1. The Labute approximate surface area is 123 Å². The number of hydrogen-bond donors (Lipinski definition) is 3. The molecule has 21 heavy (non-hydrogen) atoms. The third kappa shape index (κ3) is 4.46. The van der Waals surface area contributed by atoms with Gasteiger partial charge in [0.2, 0.25) is 0 Å². The van der Waals surface area contributed by atoms with Crippen LogP contribution >= 0.6 is 0 Å². The van der Waals surface area contributed by atoms with Crippen LogP contribution in [0, 0.1) is 5.92 Å². The predicted octanol–water partition coefficient (Wildman–Crippen LogP) is 1.90. The Morgan fingerprint density at radius 2 is 2.14 bits per heavy atom. The quantitative estimate of drug-likeness (QED) is 0.584. The average Bonchev–Trinajstić information content (AvgIpc) is 2.54. The van der Waals surface area contributed by atoms with Crippen molar-refractivity contribution in [2.45, 2.75) is 31.9 Å². The van der Waals surface area contributed by atoms with Crippen LogP contribution in [0.15, 0.2) is 35.5 Å². The van der Waals surface area contributed by atoms with Crippen molar-refractivity contribution in [1.29, 1.82) is 0 Å². The number of aliphatic hydroxyl groups excluding tert-OH is 1. The summed E-state index contributed by atoms with van der Waals surface area (Å²) < 4.78 is 5.17. The van der Waals surface area contributed by atoms with E-state index < -0.39 is 6.09 Å². The molecular weight excluding hydrogens is 272 g/mol. The number of aliphatic hydroxyl groups is 1. The molecule has 0 heterocycles. The maximum atomic E-state index is 11.8. The molecule has 0 aliphatic heterocycles. The maximum Gasteiger partial charge on any atom is 0.407 e. The first-order valence-electron chi connectivity index (χ1n) is 7.00. The van der Waals surface area contributed by atoms with Crippen LogP contribution < -0.4 is 5.32 Å². The number of rotatable bonds is 4. The highest BCUT2D eigenvalue weighted by atomic mass is 16.5. The zero-order valence-electron chi connectivity index (χ0n) is 11.7. The Morgan fingerprint density at radius 3 is 2.81 bits per heavy atom. The molecule has 1 fully saturated rings. The molecule has 0 saturated heterocycles. The van der Waals surface area contributed by atoms with Crippen molar-refractivity contribution in [3.05, 3.63) is 35.9 Å². The van der Waals surface area contributed by atoms with E-state index in [0.29, 0.717) is 25.0 Å². The van der Waals surface area contributed by atoms with Crippen LogP contribution in [0.25, 0.3) is 0 Å². The summed E-state index contributed by atoms with van der Waals surface area (Å²) in [5, 5.41) is 24.1. The van der Waals surface area contributed by atoms with Crippen LogP contribution in [0.1, 0.15) is 24.8 Å². The van der Waals surface area contributed by atoms with Crippen LogP contribution in [-0.2, 0) is 11.3 Å². The third-order valence-electron chi connectivity index (χ3n) is 3.70. The number of nitrogens with one attached hydrogen (secondary N) is 1. The van der Waals surface area contributed by atoms with Gasteiger partial charge in [0.1, 0.15) is 6.61 Å². The van der Waals surface area contributed by atoms with E-state index in [9.17, 15) is 9.90 Å². The molecule has 2 rings (SSSR count). The lowest BCUT2D eigenvalue weighted by Crippen LogP contribution is -2.45. The number of alkyl carbamates (subject to hydrolysis) is 1. The predicted molar refractivity (Wildman–Crippen MR) is 77.2 cm³/mol. The number of ether oxygens (including phenoxy) is 1. The molecule has 0 radical (unpaired) electrons. The summed E-state index contributed by atoms with van der Waals surface area (Å²) >= 11 is 0. The molecule has 3 N–H and O–H groups in total. The Balaban J connectivity index is 1.81. The Hall–Kier alpha value is -2.08. The van der Waals surface area contributed by atoms with Gasteiger partial charge in [-0.3, -0.25) is 0 Å². The van der Waals surface area contributed by atoms with Gasteiger partial charge in [-0.25, -0.2) is 4.79 Å². The summed E-state index contributed by atoms with van der Waals surface area (Å²) in [5.41, 5.74) is 1.58. The summed E-state index contributed by atoms with van der Waals surface area (Å²) in [6.45, 7) is 0.148. The molecule has 1 saturated carbocycles. The molecular formula is C15H20N2O4. The van der Waals surface area contributed by atoms with Gasteiger partial charge in [0, 0.05) is 18.6 Å². The van der Waals surface area contributed by atoms with Crippen molar-refractivity contribution in [2.75, 3.05) is 6.61 Å². The van der Waals surface area contributed by atoms with E-state index in [0.717, 1.165) is 5.56 Å². The molecule has 6 nitrogen and oxygen atoms in total. The number of oxime groups is 1. The number of hydrogen-bond acceptors (Lipinski definition) is 5. The second-order valence-electron chi connectivity index (χ2n) is 5.16. The number of carbonyl (C=O) groups is 1. The van der Waals surface area contributed by atoms with Crippen LogP contribution in [0.3, 0.4) is 0 Å². The zero-order valence-corrected chi connectivity index (χ0v) is 11.7. The topological polar surface area (TPSA) is 91.2 Å². The normalized spacial score (nSPS) is 23.8. The molecule has 1 amide bonds. The molecule has 0 bridgehead atoms. The van der Waals surface area contributed by atoms with Crippen molar-refractivity contribution in [2.24, 2.45) is 11.1 Å². The summed E-state index contributed by atoms with van der Waals surface area (Å²) in [5.74, 6) is -0.145. The third-order valence-corrected chi connectivity index (χ3v) is 3.70. The van der Waals surface area contributed by atoms with Crippen molar-refractivity contribution < 1.29 is 19.8 Å². The SMILES string of the molecule is O=C(NC1CCC(=NO)CC1CO)OCc1ccccc1. The molecule has 6 heteroatoms. The second kappa shape index (κ2) is 7.64. The first-order chi connectivity index (χ1) is 10.2. The van der Waals surface area contributed by atoms with Crippen molar-refractivity contribution in [1.82, 2.24) is 5.32 Å². The van der Waals surface area contributed by atoms with Gasteiger partial charge in [0.25, 0.3) is 0 Å². The number of nitrogens with zero attached hydrogens (tertiary/aromatic N) is 1. The smallest absolute Gasteiger partial charge is 0.407 e. The summed E-state index contributed by atoms with van der Waals surface area (Å²) in [6.07, 6.45) is 1.23. The highest BCUT2D eigenvalue weighted by Gasteiger charge is 2.29. The average molecular weight is 292 g/mol. The van der Waals surface area contributed by atoms with Gasteiger partial charge < -0.3 is 20.4 Å². The molecule has 1 aliphatic carbocycles. The minimum absolute atomic E-state index is 0.0668. The van der Waals surface area contributed by atoms with Gasteiger partial charge in [-0.15, -0.1) is 0 Å². The van der Waals surface area contributed by atoms with Crippen molar-refractivity contribution in [3.63, 3.8) is 0 Å². The van der Waals surface area contributed by atoms with E-state index in [-0.39, 0.29) is 25.2 Å². The van der Waals surface area contributed by atoms with Gasteiger partial charge in [-0.05, 0) is 24.8 Å². The van der Waals surface area contributed by atoms with Crippen LogP contribution in [0.4, 0.5) is 4.79 Å². The fourth-order valence-corrected chi connectivity index (χ4v) is 2.49. The number of amides is 1. The largest absolute Gasteiger partial charge is 0.445 e. The number of carbonyl (C=O) groups excluding carboxylic acids is 1. The first-order valence-corrected chi connectivity index (χ1v) is 7.00. The Morgan fingerprint density at radius 1 is 1.38 bits per heavy atom. The lowest BCUT2D eigenvalue weighted by atomic mass is 9.84. The molecule has 1 aromatic rings. The van der Waals surface area contributed by atoms with Crippen molar-refractivity contribution >= 4 is 11.8 Å². The van der Waals surface area contributed by atoms with Crippen LogP contribution in [0.2, 0.25) is 0 Å². The Bertz CT molecular complexity index is 490. The first kappa shape index (κ1) is 15.3. The fourth-order valence-electron chi connectivity index (χ4n) is 2.49. The van der Waals surface area contributed by atoms with Crippen LogP contribution in [0.5, 0.6) is 0 Å². The summed E-state index contributed by atoms with van der Waals surface area (Å²) in [6, 6.07) is 9.27. The van der Waals surface area contributed by atoms with E-state index in [1.54, 1.807) is 0 Å². The minimum Gasteiger partial charge on any atom is -0.445 e. The highest BCUT2D eigenvalue weighted by molar-refractivity contribution is 5.85. The molecule has 2 unspecified atom stereocenters. The lowest BCUT2D eigenvalue weighted by Gasteiger charge is -2.30. The van der Waals surface area contributed by atoms with Crippen LogP contribution in [-0.4, -0.2) is 34.8 Å². The van der Waals surface area contributed by atoms with E-state index in [4.69, 9.17) is 9.94 Å². The second-order valence-corrected chi connectivity index (χ2v) is 5.16. The Kier molecular flexibility index (Phi) is 5.57. The zero-order chi connectivity index (χ0) is 15.1. The van der Waals surface area contributed by atoms with Gasteiger partial charge in [-0.1, -0.05) is 35.5 Å². The monoisotopic (exact) mass is 292 g/mol. The molecule has 0 aromatic heterocycles. The van der Waals surface area contributed by atoms with Crippen molar-refractivity contribution in [3.8, 4) is 0 Å². The highest BCUT2D eigenvalue weighted by Crippen LogP contribution is 2.22. The van der Waals surface area contributed by atoms with Gasteiger partial charge in [0.15, 0.2) is 0 Å².